The summed E-state index contributed by atoms with van der Waals surface area (Å²) in [5.74, 6) is -4.78. The third-order valence-corrected chi connectivity index (χ3v) is 24.5. The van der Waals surface area contributed by atoms with Gasteiger partial charge in [0.1, 0.15) is 42.6 Å². The van der Waals surface area contributed by atoms with Gasteiger partial charge in [-0.25, -0.2) is 4.57 Å². The summed E-state index contributed by atoms with van der Waals surface area (Å²) in [4.78, 5) is 122. The molecule has 122 heavy (non-hydrogen) atoms. The Labute approximate surface area is 746 Å². The fourth-order valence-corrected chi connectivity index (χ4v) is 16.8. The average molecular weight is 1760 g/mol. The van der Waals surface area contributed by atoms with E-state index in [9.17, 15) is 53.0 Å². The number of nitrogens with two attached hydrogens (primary N) is 1. The molecule has 22 nitrogen and oxygen atoms in total. The average Bonchev–Trinajstić information content (AvgIpc) is 0.779. The normalized spacial score (nSPS) is 16.4. The molecular weight excluding hydrogens is 1560 g/mol. The number of hydrogen-bond donors (Lipinski definition) is 6. The number of carbonyl (C=O) groups is 7. The topological polar surface area (TPSA) is 315 Å². The van der Waals surface area contributed by atoms with E-state index in [0.717, 1.165) is 173 Å². The Kier molecular flexibility index (Phi) is 83.0. The zero-order chi connectivity index (χ0) is 90.0. The monoisotopic (exact) mass is 1760 g/mol. The molecule has 7 N–H and O–H groups in total. The predicted octanol–water partition coefficient (Wildman–Crippen LogP) is 24.7. The lowest BCUT2D eigenvalue weighted by molar-refractivity contribution is -0.271. The van der Waals surface area contributed by atoms with E-state index in [1.807, 2.05) is 0 Å². The number of aliphatic hydroxyl groups is 1. The first kappa shape index (κ1) is 118. The summed E-state index contributed by atoms with van der Waals surface area (Å²) in [5.41, 5.74) is 6.53. The predicted molar refractivity (Wildman–Crippen MR) is 497 cm³/mol. The van der Waals surface area contributed by atoms with Crippen LogP contribution in [-0.4, -0.2) is 149 Å². The maximum atomic E-state index is 14.9. The van der Waals surface area contributed by atoms with Crippen molar-refractivity contribution in [1.29, 1.82) is 0 Å². The van der Waals surface area contributed by atoms with Gasteiger partial charge in [0.2, 0.25) is 17.7 Å². The second-order valence-corrected chi connectivity index (χ2v) is 36.7. The fourth-order valence-electron chi connectivity index (χ4n) is 16.2. The molecule has 0 aromatic rings. The van der Waals surface area contributed by atoms with Crippen molar-refractivity contribution in [3.05, 3.63) is 0 Å². The van der Waals surface area contributed by atoms with Crippen LogP contribution in [0.4, 0.5) is 0 Å². The molecule has 1 aliphatic rings. The van der Waals surface area contributed by atoms with E-state index in [0.29, 0.717) is 57.8 Å². The molecule has 0 aromatic carbocycles. The molecule has 9 atom stereocenters. The number of amides is 3. The van der Waals surface area contributed by atoms with Crippen molar-refractivity contribution in [2.75, 3.05) is 32.8 Å². The van der Waals surface area contributed by atoms with Gasteiger partial charge in [0.25, 0.3) is 0 Å². The fraction of sp³-hybridized carbons (Fsp3) is 0.929. The Morgan fingerprint density at radius 3 is 0.910 bits per heavy atom. The maximum Gasteiger partial charge on any atom is 0.470 e. The highest BCUT2D eigenvalue weighted by molar-refractivity contribution is 7.46. The van der Waals surface area contributed by atoms with Crippen molar-refractivity contribution < 1.29 is 86.0 Å². The van der Waals surface area contributed by atoms with Gasteiger partial charge in [-0.3, -0.25) is 43.4 Å². The number of esters is 4. The van der Waals surface area contributed by atoms with Gasteiger partial charge in [0.15, 0.2) is 12.4 Å². The van der Waals surface area contributed by atoms with Crippen molar-refractivity contribution in [2.24, 2.45) is 5.73 Å². The second-order valence-electron chi connectivity index (χ2n) is 35.5. The summed E-state index contributed by atoms with van der Waals surface area (Å²) in [7, 11) is -5.55. The zero-order valence-electron chi connectivity index (χ0n) is 80.0. The lowest BCUT2D eigenvalue weighted by Crippen LogP contribution is -2.66. The van der Waals surface area contributed by atoms with Crippen molar-refractivity contribution in [3.63, 3.8) is 0 Å². The molecule has 0 aliphatic carbocycles. The van der Waals surface area contributed by atoms with E-state index in [1.54, 1.807) is 0 Å². The number of unbranched alkanes of at least 4 members (excludes halogenated alkanes) is 54. The molecule has 1 aliphatic heterocycles. The zero-order valence-corrected chi connectivity index (χ0v) is 80.9. The third kappa shape index (κ3) is 72.3. The Bertz CT molecular complexity index is 2490. The number of aliphatic hydroxyl groups excluding tert-OH is 1. The van der Waals surface area contributed by atoms with Crippen LogP contribution < -0.4 is 16.4 Å². The smallest absolute Gasteiger partial charge is 0.462 e. The van der Waals surface area contributed by atoms with Gasteiger partial charge in [-0.1, -0.05) is 409 Å². The quantitative estimate of drug-likeness (QED) is 0.0143. The summed E-state index contributed by atoms with van der Waals surface area (Å²) in [6, 6.07) is -3.34. The van der Waals surface area contributed by atoms with Crippen LogP contribution >= 0.6 is 7.82 Å². The van der Waals surface area contributed by atoms with Crippen LogP contribution in [0.15, 0.2) is 0 Å². The molecule has 1 fully saturated rings. The van der Waals surface area contributed by atoms with Crippen LogP contribution in [-0.2, 0) is 71.1 Å². The van der Waals surface area contributed by atoms with Crippen LogP contribution in [0.5, 0.6) is 0 Å². The third-order valence-electron chi connectivity index (χ3n) is 24.0. The minimum atomic E-state index is -5.55. The van der Waals surface area contributed by atoms with E-state index < -0.39 is 130 Å². The number of carbonyl (C=O) groups excluding carboxylic acids is 7. The van der Waals surface area contributed by atoms with E-state index in [1.165, 1.54) is 193 Å². The SMILES string of the molecule is CCCCCCCCCCCCCC(=O)O[C@H](CCCCCCCCCCC)CC(=O)NC(=O)[C@@H](N)COC1O[C@H](CO)[C@@H](OP(=O)(O)O)[C@H](OC(=O)C[C@@H](CCCCCCCCCCC)OC(=O)CCCCCCCCCCCCC)[C@H]1NC(=O)C[C@@H](CCCCCCCCCCC)OC(=O)CCCCCCCCCCCCC.CCN(CC)CC. The number of phosphoric ester groups is 1. The highest BCUT2D eigenvalue weighted by atomic mass is 31.2. The number of nitrogens with one attached hydrogen (secondary N) is 2. The van der Waals surface area contributed by atoms with Crippen LogP contribution in [0, 0.1) is 0 Å². The Morgan fingerprint density at radius 1 is 0.369 bits per heavy atom. The molecule has 1 heterocycles. The molecule has 0 aromatic heterocycles. The number of imide groups is 1. The summed E-state index contributed by atoms with van der Waals surface area (Å²) in [6.45, 7) is 21.6. The Hall–Kier alpha value is -3.60. The molecule has 1 rings (SSSR count). The van der Waals surface area contributed by atoms with Gasteiger partial charge in [0.05, 0.1) is 32.5 Å². The van der Waals surface area contributed by atoms with E-state index in [4.69, 9.17) is 38.7 Å². The Balaban J connectivity index is 0.0000199. The lowest BCUT2D eigenvalue weighted by atomic mass is 9.95. The summed E-state index contributed by atoms with van der Waals surface area (Å²) >= 11 is 0. The first-order chi connectivity index (χ1) is 59.2. The van der Waals surface area contributed by atoms with Crippen LogP contribution in [0.25, 0.3) is 0 Å². The first-order valence-electron chi connectivity index (χ1n) is 51.2. The summed E-state index contributed by atoms with van der Waals surface area (Å²) in [5, 5.41) is 16.2. The highest BCUT2D eigenvalue weighted by Crippen LogP contribution is 2.43. The van der Waals surface area contributed by atoms with E-state index in [-0.39, 0.29) is 25.7 Å². The minimum Gasteiger partial charge on any atom is -0.462 e. The molecule has 23 heteroatoms. The van der Waals surface area contributed by atoms with Crippen LogP contribution in [0.1, 0.15) is 505 Å². The number of nitrogens with zero attached hydrogens (tertiary/aromatic N) is 1. The number of ether oxygens (including phenoxy) is 6. The maximum absolute atomic E-state index is 14.9. The van der Waals surface area contributed by atoms with E-state index >= 15 is 0 Å². The molecule has 0 bridgehead atoms. The minimum absolute atomic E-state index is 0.141. The largest absolute Gasteiger partial charge is 0.470 e. The molecule has 0 saturated carbocycles. The van der Waals surface area contributed by atoms with Gasteiger partial charge in [-0.05, 0) is 77.4 Å². The Morgan fingerprint density at radius 2 is 0.639 bits per heavy atom. The van der Waals surface area contributed by atoms with Gasteiger partial charge in [0, 0.05) is 19.3 Å². The van der Waals surface area contributed by atoms with Gasteiger partial charge >= 0.3 is 31.7 Å². The molecular formula is C99H191N4O18P. The second kappa shape index (κ2) is 85.5. The molecule has 1 unspecified atom stereocenters. The van der Waals surface area contributed by atoms with Crippen molar-refractivity contribution in [3.8, 4) is 0 Å². The number of hydrogen-bond acceptors (Lipinski definition) is 18. The first-order valence-corrected chi connectivity index (χ1v) is 52.7. The van der Waals surface area contributed by atoms with Gasteiger partial charge in [-0.15, -0.1) is 0 Å². The molecule has 3 amide bonds. The standard InChI is InChI=1S/C93H176N3O18P.C6H15N/c1-7-13-19-25-31-37-40-46-52-58-64-70-85(100)109-78(67-61-55-49-43-34-28-22-16-10-4)73-83(98)95-89-91(113-88(103)75-80(69-63-57-51-45-36-30-24-18-12-6)111-87(102)72-66-60-54-48-42-39-33-27-21-15-9-3)90(114-115(105,106)107)82(76-97)112-93(89)108-77-81(94)92(104)96-84(99)74-79(68-62-56-50-44-35-29-23-17-11-5)110-86(101)71-65-59-53-47-41-38-32-26-20-14-8-2;1-4-7(5-2)6-3/h78-82,89-91,93,97H,7-77,94H2,1-6H3,(H,95,98)(H,96,99,104)(H2,105,106,107);4-6H2,1-3H3/t78-,79-,80-,81+,82-,89-,90-,91-,93?;/m1./s1. The highest BCUT2D eigenvalue weighted by Gasteiger charge is 2.52. The number of phosphoric acid groups is 1. The molecule has 720 valence electrons. The van der Waals surface area contributed by atoms with Crippen molar-refractivity contribution in [1.82, 2.24) is 15.5 Å². The van der Waals surface area contributed by atoms with Gasteiger partial charge in [-0.2, -0.15) is 0 Å². The van der Waals surface area contributed by atoms with Crippen LogP contribution in [0.3, 0.4) is 0 Å². The number of rotatable bonds is 87. The molecule has 0 radical (unpaired) electrons. The molecule has 1 saturated heterocycles. The van der Waals surface area contributed by atoms with Crippen molar-refractivity contribution >= 4 is 49.4 Å². The van der Waals surface area contributed by atoms with Crippen molar-refractivity contribution in [2.45, 2.75) is 560 Å². The summed E-state index contributed by atoms with van der Waals surface area (Å²) in [6.07, 6.45) is 55.0. The van der Waals surface area contributed by atoms with E-state index in [2.05, 4.69) is 77.8 Å². The van der Waals surface area contributed by atoms with Crippen LogP contribution in [0.2, 0.25) is 0 Å². The molecule has 0 spiro atoms. The lowest BCUT2D eigenvalue weighted by Gasteiger charge is -2.45. The van der Waals surface area contributed by atoms with Gasteiger partial charge < -0.3 is 59.3 Å². The summed E-state index contributed by atoms with van der Waals surface area (Å²) < 4.78 is 55.3.